The molecular weight excluding hydrogens is 356 g/mol. The lowest BCUT2D eigenvalue weighted by Crippen LogP contribution is -2.36. The topological polar surface area (TPSA) is 72.1 Å². The fourth-order valence-electron chi connectivity index (χ4n) is 3.08. The van der Waals surface area contributed by atoms with Gasteiger partial charge in [-0.25, -0.2) is 4.98 Å². The highest BCUT2D eigenvalue weighted by molar-refractivity contribution is 6.32. The number of hydrogen-bond donors (Lipinski definition) is 1. The second kappa shape index (κ2) is 7.11. The highest BCUT2D eigenvalue weighted by Crippen LogP contribution is 2.33. The van der Waals surface area contributed by atoms with Crippen LogP contribution in [0.25, 0.3) is 17.0 Å². The van der Waals surface area contributed by atoms with Crippen LogP contribution in [-0.2, 0) is 11.3 Å². The fourth-order valence-corrected chi connectivity index (χ4v) is 3.32. The van der Waals surface area contributed by atoms with Crippen LogP contribution >= 0.6 is 11.6 Å². The van der Waals surface area contributed by atoms with E-state index in [2.05, 4.69) is 14.9 Å². The molecule has 0 radical (unpaired) electrons. The zero-order valence-corrected chi connectivity index (χ0v) is 15.1. The van der Waals surface area contributed by atoms with Crippen molar-refractivity contribution in [3.05, 3.63) is 41.2 Å². The number of benzene rings is 1. The fraction of sp³-hybridized carbons (Fsp3) is 0.333. The van der Waals surface area contributed by atoms with Gasteiger partial charge in [0.05, 0.1) is 37.6 Å². The molecule has 3 aromatic rings. The molecule has 0 saturated carbocycles. The van der Waals surface area contributed by atoms with Crippen molar-refractivity contribution in [2.75, 3.05) is 38.3 Å². The first-order valence-electron chi connectivity index (χ1n) is 8.35. The number of anilines is 1. The van der Waals surface area contributed by atoms with Gasteiger partial charge in [-0.15, -0.1) is 0 Å². The number of methoxy groups -OCH3 is 1. The summed E-state index contributed by atoms with van der Waals surface area (Å²) in [5.41, 5.74) is 2.16. The molecule has 1 fully saturated rings. The molecule has 1 aliphatic rings. The van der Waals surface area contributed by atoms with Crippen LogP contribution in [0.15, 0.2) is 30.6 Å². The largest absolute Gasteiger partial charge is 0.495 e. The predicted octanol–water partition coefficient (Wildman–Crippen LogP) is 2.39. The van der Waals surface area contributed by atoms with Crippen molar-refractivity contribution in [1.29, 1.82) is 0 Å². The molecule has 0 unspecified atom stereocenters. The van der Waals surface area contributed by atoms with Gasteiger partial charge in [0.2, 0.25) is 5.78 Å². The minimum absolute atomic E-state index is 0.136. The highest BCUT2D eigenvalue weighted by Gasteiger charge is 2.16. The zero-order chi connectivity index (χ0) is 18.1. The Morgan fingerprint density at radius 2 is 2.08 bits per heavy atom. The molecule has 26 heavy (non-hydrogen) atoms. The first-order chi connectivity index (χ1) is 12.7. The SMILES string of the molecule is COc1cc(CO)c(-c2cn3ccc(N4CCOCC4)nc3n2)cc1Cl. The summed E-state index contributed by atoms with van der Waals surface area (Å²) in [6.07, 6.45) is 3.82. The molecule has 7 nitrogen and oxygen atoms in total. The molecule has 1 saturated heterocycles. The van der Waals surface area contributed by atoms with Gasteiger partial charge < -0.3 is 19.5 Å². The minimum Gasteiger partial charge on any atom is -0.495 e. The lowest BCUT2D eigenvalue weighted by Gasteiger charge is -2.27. The van der Waals surface area contributed by atoms with Crippen LogP contribution in [0.2, 0.25) is 5.02 Å². The molecule has 1 aromatic carbocycles. The van der Waals surface area contributed by atoms with E-state index in [4.69, 9.17) is 21.1 Å². The van der Waals surface area contributed by atoms with Crippen molar-refractivity contribution in [2.24, 2.45) is 0 Å². The van der Waals surface area contributed by atoms with E-state index < -0.39 is 0 Å². The van der Waals surface area contributed by atoms with Crippen LogP contribution in [0.4, 0.5) is 5.82 Å². The Morgan fingerprint density at radius 1 is 1.27 bits per heavy atom. The smallest absolute Gasteiger partial charge is 0.236 e. The summed E-state index contributed by atoms with van der Waals surface area (Å²) in [4.78, 5) is 11.5. The molecule has 0 amide bonds. The van der Waals surface area contributed by atoms with Crippen LogP contribution in [0, 0.1) is 0 Å². The van der Waals surface area contributed by atoms with Crippen LogP contribution < -0.4 is 9.64 Å². The Morgan fingerprint density at radius 3 is 2.81 bits per heavy atom. The Balaban J connectivity index is 1.74. The van der Waals surface area contributed by atoms with Gasteiger partial charge in [0, 0.05) is 31.0 Å². The van der Waals surface area contributed by atoms with Gasteiger partial charge in [-0.1, -0.05) is 11.6 Å². The highest BCUT2D eigenvalue weighted by atomic mass is 35.5. The van der Waals surface area contributed by atoms with Crippen LogP contribution in [0.3, 0.4) is 0 Å². The zero-order valence-electron chi connectivity index (χ0n) is 14.4. The first kappa shape index (κ1) is 17.1. The number of morpholine rings is 1. The standard InChI is InChI=1S/C18H19ClN4O3/c1-25-16-8-12(11-24)13(9-14(16)19)15-10-23-3-2-17(21-18(23)20-15)22-4-6-26-7-5-22/h2-3,8-10,24H,4-7,11H2,1H3. The Hall–Kier alpha value is -2.35. The third-order valence-electron chi connectivity index (χ3n) is 4.47. The van der Waals surface area contributed by atoms with E-state index in [0.717, 1.165) is 24.5 Å². The molecule has 3 heterocycles. The molecule has 0 spiro atoms. The first-order valence-corrected chi connectivity index (χ1v) is 8.73. The lowest BCUT2D eigenvalue weighted by atomic mass is 10.1. The van der Waals surface area contributed by atoms with E-state index in [1.165, 1.54) is 0 Å². The average molecular weight is 375 g/mol. The Labute approximate surface area is 155 Å². The number of imidazole rings is 1. The van der Waals surface area contributed by atoms with E-state index in [1.807, 2.05) is 22.9 Å². The summed E-state index contributed by atoms with van der Waals surface area (Å²) in [5, 5.41) is 10.2. The number of ether oxygens (including phenoxy) is 2. The van der Waals surface area contributed by atoms with Crippen molar-refractivity contribution in [3.8, 4) is 17.0 Å². The van der Waals surface area contributed by atoms with Crippen molar-refractivity contribution < 1.29 is 14.6 Å². The monoisotopic (exact) mass is 374 g/mol. The van der Waals surface area contributed by atoms with Gasteiger partial charge in [-0.05, 0) is 23.8 Å². The number of rotatable bonds is 4. The van der Waals surface area contributed by atoms with Crippen molar-refractivity contribution in [1.82, 2.24) is 14.4 Å². The molecule has 1 N–H and O–H groups in total. The quantitative estimate of drug-likeness (QED) is 0.756. The summed E-state index contributed by atoms with van der Waals surface area (Å²) in [6, 6.07) is 5.46. The van der Waals surface area contributed by atoms with Gasteiger partial charge in [0.1, 0.15) is 11.6 Å². The van der Waals surface area contributed by atoms with Crippen molar-refractivity contribution >= 4 is 23.2 Å². The Kier molecular flexibility index (Phi) is 4.67. The molecule has 0 atom stereocenters. The number of aliphatic hydroxyl groups excluding tert-OH is 1. The van der Waals surface area contributed by atoms with Gasteiger partial charge in [-0.3, -0.25) is 4.40 Å². The number of aliphatic hydroxyl groups is 1. The van der Waals surface area contributed by atoms with E-state index >= 15 is 0 Å². The maximum atomic E-state index is 9.71. The molecule has 8 heteroatoms. The minimum atomic E-state index is -0.136. The number of aromatic nitrogens is 3. The summed E-state index contributed by atoms with van der Waals surface area (Å²) >= 11 is 6.26. The maximum absolute atomic E-state index is 9.71. The van der Waals surface area contributed by atoms with Crippen molar-refractivity contribution in [2.45, 2.75) is 6.61 Å². The molecule has 0 aliphatic carbocycles. The second-order valence-electron chi connectivity index (χ2n) is 6.02. The Bertz CT molecular complexity index is 938. The molecule has 1 aliphatic heterocycles. The van der Waals surface area contributed by atoms with Crippen LogP contribution in [-0.4, -0.2) is 52.9 Å². The van der Waals surface area contributed by atoms with Gasteiger partial charge in [-0.2, -0.15) is 4.98 Å². The number of fused-ring (bicyclic) bond motifs is 1. The summed E-state index contributed by atoms with van der Waals surface area (Å²) in [7, 11) is 1.55. The molecule has 0 bridgehead atoms. The van der Waals surface area contributed by atoms with Crippen LogP contribution in [0.5, 0.6) is 5.75 Å². The van der Waals surface area contributed by atoms with E-state index in [9.17, 15) is 5.11 Å². The van der Waals surface area contributed by atoms with Crippen LogP contribution in [0.1, 0.15) is 5.56 Å². The predicted molar refractivity (Wildman–Crippen MR) is 98.9 cm³/mol. The molecule has 136 valence electrons. The van der Waals surface area contributed by atoms with Gasteiger partial charge in [0.25, 0.3) is 0 Å². The van der Waals surface area contributed by atoms with E-state index in [-0.39, 0.29) is 6.61 Å². The number of halogens is 1. The summed E-state index contributed by atoms with van der Waals surface area (Å²) < 4.78 is 12.5. The normalized spacial score (nSPS) is 14.8. The van der Waals surface area contributed by atoms with E-state index in [1.54, 1.807) is 19.2 Å². The van der Waals surface area contributed by atoms with Crippen molar-refractivity contribution in [3.63, 3.8) is 0 Å². The second-order valence-corrected chi connectivity index (χ2v) is 6.43. The summed E-state index contributed by atoms with van der Waals surface area (Å²) in [6.45, 7) is 2.91. The van der Waals surface area contributed by atoms with E-state index in [0.29, 0.717) is 41.0 Å². The number of nitrogens with zero attached hydrogens (tertiary/aromatic N) is 4. The molecular formula is C18H19ClN4O3. The molecule has 4 rings (SSSR count). The average Bonchev–Trinajstić information content (AvgIpc) is 3.11. The maximum Gasteiger partial charge on any atom is 0.236 e. The number of hydrogen-bond acceptors (Lipinski definition) is 6. The molecule has 2 aromatic heterocycles. The van der Waals surface area contributed by atoms with Gasteiger partial charge >= 0.3 is 0 Å². The third kappa shape index (κ3) is 3.09. The summed E-state index contributed by atoms with van der Waals surface area (Å²) in [5.74, 6) is 2.00. The third-order valence-corrected chi connectivity index (χ3v) is 4.77. The van der Waals surface area contributed by atoms with Gasteiger partial charge in [0.15, 0.2) is 0 Å². The lowest BCUT2D eigenvalue weighted by molar-refractivity contribution is 0.122.